The Hall–Kier alpha value is -2.64. The fourth-order valence-electron chi connectivity index (χ4n) is 2.75. The van der Waals surface area contributed by atoms with Crippen LogP contribution in [0, 0.1) is 6.92 Å². The average Bonchev–Trinajstić information content (AvgIpc) is 3.25. The Bertz CT molecular complexity index is 1100. The van der Waals surface area contributed by atoms with Gasteiger partial charge in [-0.3, -0.25) is 4.79 Å². The number of benzene rings is 2. The zero-order valence-corrected chi connectivity index (χ0v) is 15.9. The quantitative estimate of drug-likeness (QED) is 0.535. The summed E-state index contributed by atoms with van der Waals surface area (Å²) in [5.41, 5.74) is 1.68. The van der Waals surface area contributed by atoms with Gasteiger partial charge in [-0.05, 0) is 30.5 Å². The van der Waals surface area contributed by atoms with E-state index in [1.54, 1.807) is 35.8 Å². The lowest BCUT2D eigenvalue weighted by molar-refractivity contribution is -0.118. The number of aromatic nitrogens is 1. The smallest absolute Gasteiger partial charge is 0.262 e. The summed E-state index contributed by atoms with van der Waals surface area (Å²) < 4.78 is 13.2. The molecule has 7 heteroatoms. The minimum Gasteiger partial charge on any atom is -0.497 e. The van der Waals surface area contributed by atoms with Gasteiger partial charge in [-0.25, -0.2) is 4.98 Å². The van der Waals surface area contributed by atoms with E-state index in [4.69, 9.17) is 9.47 Å². The molecule has 0 spiro atoms. The molecule has 2 heterocycles. The Morgan fingerprint density at radius 3 is 3.00 bits per heavy atom. The normalized spacial score (nSPS) is 11.0. The van der Waals surface area contributed by atoms with E-state index < -0.39 is 0 Å². The fourth-order valence-corrected chi connectivity index (χ4v) is 4.58. The number of nitrogens with one attached hydrogen (secondary N) is 1. The first-order valence-electron chi connectivity index (χ1n) is 7.98. The average molecular weight is 384 g/mol. The monoisotopic (exact) mass is 384 g/mol. The number of rotatable bonds is 5. The number of ether oxygens (including phenoxy) is 2. The molecule has 0 saturated heterocycles. The second kappa shape index (κ2) is 6.93. The van der Waals surface area contributed by atoms with Crippen LogP contribution in [-0.4, -0.2) is 24.6 Å². The molecule has 0 aliphatic heterocycles. The molecule has 26 heavy (non-hydrogen) atoms. The Morgan fingerprint density at radius 1 is 1.27 bits per heavy atom. The topological polar surface area (TPSA) is 60.5 Å². The lowest BCUT2D eigenvalue weighted by atomic mass is 10.2. The summed E-state index contributed by atoms with van der Waals surface area (Å²) in [5, 5.41) is 6.84. The van der Waals surface area contributed by atoms with E-state index >= 15 is 0 Å². The van der Waals surface area contributed by atoms with Crippen molar-refractivity contribution in [1.82, 2.24) is 4.98 Å². The number of hydrogen-bond donors (Lipinski definition) is 1. The van der Waals surface area contributed by atoms with Gasteiger partial charge in [-0.15, -0.1) is 22.7 Å². The zero-order valence-electron chi connectivity index (χ0n) is 14.2. The number of carbonyl (C=O) groups is 1. The number of nitrogens with zero attached hydrogens (tertiary/aromatic N) is 1. The van der Waals surface area contributed by atoms with Gasteiger partial charge in [0.25, 0.3) is 5.91 Å². The van der Waals surface area contributed by atoms with Crippen LogP contribution in [0.3, 0.4) is 0 Å². The van der Waals surface area contributed by atoms with Gasteiger partial charge in [0.15, 0.2) is 6.61 Å². The maximum absolute atomic E-state index is 12.2. The Kier molecular flexibility index (Phi) is 4.48. The highest BCUT2D eigenvalue weighted by Gasteiger charge is 2.13. The number of anilines is 1. The van der Waals surface area contributed by atoms with Gasteiger partial charge in [0.05, 0.1) is 27.0 Å². The molecule has 0 atom stereocenters. The van der Waals surface area contributed by atoms with Crippen molar-refractivity contribution in [3.05, 3.63) is 46.8 Å². The van der Waals surface area contributed by atoms with E-state index in [2.05, 4.69) is 10.3 Å². The lowest BCUT2D eigenvalue weighted by Crippen LogP contribution is -2.20. The highest BCUT2D eigenvalue weighted by Crippen LogP contribution is 2.38. The highest BCUT2D eigenvalue weighted by atomic mass is 32.1. The first-order chi connectivity index (χ1) is 12.6. The third kappa shape index (κ3) is 3.23. The van der Waals surface area contributed by atoms with E-state index in [0.29, 0.717) is 17.2 Å². The molecule has 132 valence electrons. The Morgan fingerprint density at radius 2 is 2.15 bits per heavy atom. The lowest BCUT2D eigenvalue weighted by Gasteiger charge is -2.09. The van der Waals surface area contributed by atoms with Gasteiger partial charge in [-0.2, -0.15) is 0 Å². The van der Waals surface area contributed by atoms with Crippen LogP contribution < -0.4 is 14.8 Å². The van der Waals surface area contributed by atoms with E-state index in [1.165, 1.54) is 0 Å². The van der Waals surface area contributed by atoms with Crippen LogP contribution in [-0.2, 0) is 4.79 Å². The van der Waals surface area contributed by atoms with Crippen molar-refractivity contribution in [2.24, 2.45) is 0 Å². The van der Waals surface area contributed by atoms with Crippen LogP contribution in [0.15, 0.2) is 41.8 Å². The number of hydrogen-bond acceptors (Lipinski definition) is 6. The first-order valence-corrected chi connectivity index (χ1v) is 9.68. The van der Waals surface area contributed by atoms with Crippen molar-refractivity contribution in [1.29, 1.82) is 0 Å². The first kappa shape index (κ1) is 16.8. The molecule has 0 unspecified atom stereocenters. The molecule has 4 rings (SSSR count). The molecule has 0 bridgehead atoms. The van der Waals surface area contributed by atoms with Gasteiger partial charge in [0, 0.05) is 23.2 Å². The van der Waals surface area contributed by atoms with Gasteiger partial charge in [0.1, 0.15) is 11.5 Å². The van der Waals surface area contributed by atoms with Crippen LogP contribution in [0.5, 0.6) is 11.5 Å². The maximum Gasteiger partial charge on any atom is 0.262 e. The molecule has 0 fully saturated rings. The maximum atomic E-state index is 12.2. The zero-order chi connectivity index (χ0) is 18.1. The van der Waals surface area contributed by atoms with Gasteiger partial charge in [-0.1, -0.05) is 6.07 Å². The Balaban J connectivity index is 1.53. The minimum absolute atomic E-state index is 0.0640. The van der Waals surface area contributed by atoms with E-state index in [-0.39, 0.29) is 12.5 Å². The summed E-state index contributed by atoms with van der Waals surface area (Å²) in [6, 6.07) is 11.2. The fraction of sp³-hybridized carbons (Fsp3) is 0.158. The van der Waals surface area contributed by atoms with Crippen LogP contribution in [0.25, 0.3) is 20.3 Å². The molecule has 1 amide bonds. The van der Waals surface area contributed by atoms with E-state index in [9.17, 15) is 4.79 Å². The number of amides is 1. The molecule has 0 radical (unpaired) electrons. The summed E-state index contributed by atoms with van der Waals surface area (Å²) in [6.45, 7) is 1.93. The van der Waals surface area contributed by atoms with Crippen molar-refractivity contribution in [2.75, 3.05) is 19.0 Å². The SMILES string of the molecule is COc1cccc(NC(=O)COc2cc3sc(C)nc3c3sccc23)c1. The predicted molar refractivity (Wildman–Crippen MR) is 107 cm³/mol. The molecule has 4 aromatic rings. The van der Waals surface area contributed by atoms with Gasteiger partial charge < -0.3 is 14.8 Å². The van der Waals surface area contributed by atoms with Crippen molar-refractivity contribution >= 4 is 54.6 Å². The van der Waals surface area contributed by atoms with Crippen LogP contribution in [0.4, 0.5) is 5.69 Å². The molecule has 5 nitrogen and oxygen atoms in total. The molecular weight excluding hydrogens is 368 g/mol. The van der Waals surface area contributed by atoms with Gasteiger partial charge in [0.2, 0.25) is 0 Å². The largest absolute Gasteiger partial charge is 0.497 e. The number of fused-ring (bicyclic) bond motifs is 3. The van der Waals surface area contributed by atoms with Gasteiger partial charge >= 0.3 is 0 Å². The molecule has 0 saturated carbocycles. The summed E-state index contributed by atoms with van der Waals surface area (Å²) in [4.78, 5) is 16.8. The molecule has 2 aromatic carbocycles. The standard InChI is InChI=1S/C19H16N2O3S2/c1-11-20-18-16(26-11)9-15(14-6-7-25-19(14)18)24-10-17(22)21-12-4-3-5-13(8-12)23-2/h3-9H,10H2,1-2H3,(H,21,22). The van der Waals surface area contributed by atoms with Crippen molar-refractivity contribution in [2.45, 2.75) is 6.92 Å². The third-order valence-electron chi connectivity index (χ3n) is 3.88. The van der Waals surface area contributed by atoms with E-state index in [0.717, 1.165) is 25.3 Å². The summed E-state index contributed by atoms with van der Waals surface area (Å²) in [5.74, 6) is 1.18. The van der Waals surface area contributed by atoms with Crippen LogP contribution in [0.1, 0.15) is 5.01 Å². The second-order valence-corrected chi connectivity index (χ2v) is 7.84. The molecular formula is C19H16N2O3S2. The highest BCUT2D eigenvalue weighted by molar-refractivity contribution is 7.21. The number of aryl methyl sites for hydroxylation is 1. The molecule has 1 N–H and O–H groups in total. The molecule has 0 aliphatic carbocycles. The number of thiazole rings is 1. The number of carbonyl (C=O) groups excluding carboxylic acids is 1. The summed E-state index contributed by atoms with van der Waals surface area (Å²) in [7, 11) is 1.59. The number of thiophene rings is 1. The predicted octanol–water partition coefficient (Wildman–Crippen LogP) is 4.85. The second-order valence-electron chi connectivity index (χ2n) is 5.69. The van der Waals surface area contributed by atoms with E-state index in [1.807, 2.05) is 42.6 Å². The van der Waals surface area contributed by atoms with Crippen molar-refractivity contribution in [3.8, 4) is 11.5 Å². The molecule has 2 aromatic heterocycles. The summed E-state index contributed by atoms with van der Waals surface area (Å²) >= 11 is 3.26. The third-order valence-corrected chi connectivity index (χ3v) is 5.72. The van der Waals surface area contributed by atoms with Crippen LogP contribution in [0.2, 0.25) is 0 Å². The van der Waals surface area contributed by atoms with Crippen molar-refractivity contribution < 1.29 is 14.3 Å². The van der Waals surface area contributed by atoms with Crippen molar-refractivity contribution in [3.63, 3.8) is 0 Å². The Labute approximate surface area is 158 Å². The molecule has 0 aliphatic rings. The van der Waals surface area contributed by atoms with Crippen LogP contribution >= 0.6 is 22.7 Å². The minimum atomic E-state index is -0.220. The number of methoxy groups -OCH3 is 1. The summed E-state index contributed by atoms with van der Waals surface area (Å²) in [6.07, 6.45) is 0.